The van der Waals surface area contributed by atoms with Gasteiger partial charge in [0, 0.05) is 13.0 Å². The van der Waals surface area contributed by atoms with Crippen molar-refractivity contribution in [3.63, 3.8) is 0 Å². The van der Waals surface area contributed by atoms with Crippen molar-refractivity contribution < 1.29 is 27.5 Å². The van der Waals surface area contributed by atoms with E-state index in [4.69, 9.17) is 10.5 Å². The van der Waals surface area contributed by atoms with Crippen molar-refractivity contribution in [1.29, 1.82) is 0 Å². The van der Waals surface area contributed by atoms with Gasteiger partial charge in [0.1, 0.15) is 12.1 Å². The highest BCUT2D eigenvalue weighted by Crippen LogP contribution is 2.29. The van der Waals surface area contributed by atoms with E-state index in [1.54, 1.807) is 0 Å². The molecule has 1 aliphatic heterocycles. The molecule has 126 valence electrons. The Morgan fingerprint density at radius 1 is 1.30 bits per heavy atom. The van der Waals surface area contributed by atoms with Crippen molar-refractivity contribution in [2.75, 3.05) is 6.61 Å². The second kappa shape index (κ2) is 6.99. The van der Waals surface area contributed by atoms with Gasteiger partial charge in [-0.2, -0.15) is 13.2 Å². The number of ether oxygens (including phenoxy) is 1. The third-order valence-corrected chi connectivity index (χ3v) is 3.60. The van der Waals surface area contributed by atoms with Crippen LogP contribution in [-0.4, -0.2) is 30.6 Å². The molecule has 1 aliphatic rings. The Morgan fingerprint density at radius 3 is 2.43 bits per heavy atom. The van der Waals surface area contributed by atoms with Gasteiger partial charge in [-0.3, -0.25) is 9.59 Å². The molecule has 0 spiro atoms. The van der Waals surface area contributed by atoms with Gasteiger partial charge in [-0.25, -0.2) is 0 Å². The maximum absolute atomic E-state index is 12.5. The zero-order valence-corrected chi connectivity index (χ0v) is 12.2. The van der Waals surface area contributed by atoms with Crippen molar-refractivity contribution in [2.24, 2.45) is 5.73 Å². The van der Waals surface area contributed by atoms with Crippen molar-refractivity contribution in [2.45, 2.75) is 37.6 Å². The van der Waals surface area contributed by atoms with Crippen LogP contribution in [0.5, 0.6) is 0 Å². The van der Waals surface area contributed by atoms with Crippen LogP contribution in [0, 0.1) is 0 Å². The lowest BCUT2D eigenvalue weighted by atomic mass is 10.0. The third kappa shape index (κ3) is 4.69. The summed E-state index contributed by atoms with van der Waals surface area (Å²) >= 11 is 0. The van der Waals surface area contributed by atoms with Gasteiger partial charge in [0.25, 0.3) is 0 Å². The van der Waals surface area contributed by atoms with E-state index in [0.717, 1.165) is 18.6 Å². The molecule has 0 aliphatic carbocycles. The highest BCUT2D eigenvalue weighted by Gasteiger charge is 2.30. The molecule has 0 unspecified atom stereocenters. The van der Waals surface area contributed by atoms with E-state index in [0.29, 0.717) is 18.6 Å². The molecule has 0 saturated carbocycles. The normalized spacial score (nSPS) is 19.3. The molecule has 1 aromatic rings. The first-order chi connectivity index (χ1) is 10.8. The fourth-order valence-corrected chi connectivity index (χ4v) is 2.34. The summed E-state index contributed by atoms with van der Waals surface area (Å²) in [5.74, 6) is -1.19. The van der Waals surface area contributed by atoms with Crippen molar-refractivity contribution in [3.05, 3.63) is 35.4 Å². The number of benzene rings is 1. The summed E-state index contributed by atoms with van der Waals surface area (Å²) in [5, 5.41) is 2.49. The number of alkyl halides is 3. The minimum atomic E-state index is -4.42. The molecule has 0 radical (unpaired) electrons. The molecule has 0 aromatic heterocycles. The summed E-state index contributed by atoms with van der Waals surface area (Å²) in [7, 11) is 0. The number of amides is 2. The second-order valence-corrected chi connectivity index (χ2v) is 5.36. The molecular weight excluding hydrogens is 313 g/mol. The number of halogens is 3. The van der Waals surface area contributed by atoms with E-state index in [1.807, 2.05) is 0 Å². The Balaban J connectivity index is 2.01. The second-order valence-electron chi connectivity index (χ2n) is 5.36. The molecular formula is C15H17F3N2O3. The molecule has 1 fully saturated rings. The predicted octanol–water partition coefficient (Wildman–Crippen LogP) is 1.40. The summed E-state index contributed by atoms with van der Waals surface area (Å²) in [4.78, 5) is 23.4. The molecule has 0 bridgehead atoms. The lowest BCUT2D eigenvalue weighted by Crippen LogP contribution is -2.49. The minimum absolute atomic E-state index is 0.0198. The Labute approximate surface area is 131 Å². The van der Waals surface area contributed by atoms with Crippen molar-refractivity contribution in [3.8, 4) is 0 Å². The number of primary amides is 1. The van der Waals surface area contributed by atoms with E-state index in [9.17, 15) is 22.8 Å². The van der Waals surface area contributed by atoms with Crippen LogP contribution in [0.1, 0.15) is 24.0 Å². The standard InChI is InChI=1S/C15H17F3N2O3/c16-15(17,18)10-5-3-9(4-6-10)8-11(13(19)21)20-14(22)12-2-1-7-23-12/h3-6,11-12H,1-2,7-8H2,(H2,19,21)(H,20,22)/t11-,12-/m1/s1. The molecule has 1 aromatic carbocycles. The van der Waals surface area contributed by atoms with Gasteiger partial charge in [0.05, 0.1) is 5.56 Å². The molecule has 1 saturated heterocycles. The van der Waals surface area contributed by atoms with Gasteiger partial charge >= 0.3 is 6.18 Å². The first-order valence-electron chi connectivity index (χ1n) is 7.15. The quantitative estimate of drug-likeness (QED) is 0.856. The van der Waals surface area contributed by atoms with Crippen molar-refractivity contribution in [1.82, 2.24) is 5.32 Å². The van der Waals surface area contributed by atoms with Crippen LogP contribution in [0.3, 0.4) is 0 Å². The van der Waals surface area contributed by atoms with Gasteiger partial charge in [-0.1, -0.05) is 12.1 Å². The SMILES string of the molecule is NC(=O)[C@@H](Cc1ccc(C(F)(F)F)cc1)NC(=O)[C@H]1CCCO1. The van der Waals surface area contributed by atoms with Gasteiger partial charge in [-0.05, 0) is 30.5 Å². The molecule has 8 heteroatoms. The number of hydrogen-bond acceptors (Lipinski definition) is 3. The van der Waals surface area contributed by atoms with Crippen LogP contribution >= 0.6 is 0 Å². The molecule has 2 atom stereocenters. The third-order valence-electron chi connectivity index (χ3n) is 3.60. The summed E-state index contributed by atoms with van der Waals surface area (Å²) in [6, 6.07) is 3.38. The Hall–Kier alpha value is -2.09. The molecule has 5 nitrogen and oxygen atoms in total. The average Bonchev–Trinajstić information content (AvgIpc) is 3.00. The van der Waals surface area contributed by atoms with Gasteiger partial charge in [0.15, 0.2) is 0 Å². The van der Waals surface area contributed by atoms with Crippen LogP contribution < -0.4 is 11.1 Å². The fraction of sp³-hybridized carbons (Fsp3) is 0.467. The van der Waals surface area contributed by atoms with Crippen LogP contribution in [0.25, 0.3) is 0 Å². The summed E-state index contributed by atoms with van der Waals surface area (Å²) < 4.78 is 42.7. The summed E-state index contributed by atoms with van der Waals surface area (Å²) in [6.07, 6.45) is -3.68. The van der Waals surface area contributed by atoms with Crippen LogP contribution in [0.2, 0.25) is 0 Å². The van der Waals surface area contributed by atoms with Crippen molar-refractivity contribution >= 4 is 11.8 Å². The molecule has 3 N–H and O–H groups in total. The fourth-order valence-electron chi connectivity index (χ4n) is 2.34. The maximum atomic E-state index is 12.5. The molecule has 2 rings (SSSR count). The molecule has 2 amide bonds. The molecule has 23 heavy (non-hydrogen) atoms. The number of hydrogen-bond donors (Lipinski definition) is 2. The summed E-state index contributed by atoms with van der Waals surface area (Å²) in [6.45, 7) is 0.484. The maximum Gasteiger partial charge on any atom is 0.416 e. The summed E-state index contributed by atoms with van der Waals surface area (Å²) in [5.41, 5.74) is 4.95. The lowest BCUT2D eigenvalue weighted by molar-refractivity contribution is -0.137. The number of carbonyl (C=O) groups is 2. The number of rotatable bonds is 5. The van der Waals surface area contributed by atoms with E-state index < -0.39 is 35.7 Å². The minimum Gasteiger partial charge on any atom is -0.368 e. The number of carbonyl (C=O) groups excluding carboxylic acids is 2. The first-order valence-corrected chi connectivity index (χ1v) is 7.15. The van der Waals surface area contributed by atoms with E-state index in [-0.39, 0.29) is 6.42 Å². The average molecular weight is 330 g/mol. The van der Waals surface area contributed by atoms with Gasteiger partial charge in [0.2, 0.25) is 11.8 Å². The number of nitrogens with two attached hydrogens (primary N) is 1. The largest absolute Gasteiger partial charge is 0.416 e. The van der Waals surface area contributed by atoms with E-state index in [1.165, 1.54) is 12.1 Å². The predicted molar refractivity (Wildman–Crippen MR) is 75.2 cm³/mol. The zero-order valence-electron chi connectivity index (χ0n) is 12.2. The Morgan fingerprint density at radius 2 is 1.96 bits per heavy atom. The van der Waals surface area contributed by atoms with Crippen LogP contribution in [-0.2, 0) is 26.9 Å². The number of nitrogens with one attached hydrogen (secondary N) is 1. The highest BCUT2D eigenvalue weighted by molar-refractivity contribution is 5.88. The monoisotopic (exact) mass is 330 g/mol. The van der Waals surface area contributed by atoms with E-state index in [2.05, 4.69) is 5.32 Å². The highest BCUT2D eigenvalue weighted by atomic mass is 19.4. The topological polar surface area (TPSA) is 81.4 Å². The van der Waals surface area contributed by atoms with Gasteiger partial charge < -0.3 is 15.8 Å². The van der Waals surface area contributed by atoms with Gasteiger partial charge in [-0.15, -0.1) is 0 Å². The zero-order chi connectivity index (χ0) is 17.0. The van der Waals surface area contributed by atoms with Crippen LogP contribution in [0.4, 0.5) is 13.2 Å². The van der Waals surface area contributed by atoms with E-state index >= 15 is 0 Å². The Bertz CT molecular complexity index is 566. The first kappa shape index (κ1) is 17.3. The lowest BCUT2D eigenvalue weighted by Gasteiger charge is -2.18. The molecule has 1 heterocycles. The smallest absolute Gasteiger partial charge is 0.368 e. The Kier molecular flexibility index (Phi) is 5.25. The van der Waals surface area contributed by atoms with Crippen LogP contribution in [0.15, 0.2) is 24.3 Å².